The quantitative estimate of drug-likeness (QED) is 0.793. The number of carbonyl (C=O) groups excluding carboxylic acids is 1. The summed E-state index contributed by atoms with van der Waals surface area (Å²) in [6, 6.07) is -0.362. The summed E-state index contributed by atoms with van der Waals surface area (Å²) in [5, 5.41) is 3.95. The summed E-state index contributed by atoms with van der Waals surface area (Å²) < 4.78 is 2.54. The highest BCUT2D eigenvalue weighted by molar-refractivity contribution is 14.1. The first-order chi connectivity index (χ1) is 5.11. The minimum atomic E-state index is -0.371. The van der Waals surface area contributed by atoms with Gasteiger partial charge >= 0.3 is 0 Å². The number of hydrogen-bond acceptors (Lipinski definition) is 2. The molecule has 1 aromatic rings. The number of carbonyl (C=O) groups is 1. The summed E-state index contributed by atoms with van der Waals surface area (Å²) in [4.78, 5) is 10.7. The Balaban J connectivity index is 2.84. The molecule has 60 valence electrons. The molecule has 0 unspecified atom stereocenters. The molecule has 1 rings (SSSR count). The van der Waals surface area contributed by atoms with Crippen molar-refractivity contribution in [3.63, 3.8) is 0 Å². The monoisotopic (exact) mass is 265 g/mol. The van der Waals surface area contributed by atoms with Crippen LogP contribution in [-0.2, 0) is 4.79 Å². The van der Waals surface area contributed by atoms with Gasteiger partial charge in [-0.15, -0.1) is 0 Å². The molecule has 1 amide bonds. The Bertz CT molecular complexity index is 271. The van der Waals surface area contributed by atoms with Crippen molar-refractivity contribution in [1.82, 2.24) is 9.78 Å². The molecule has 2 N–H and O–H groups in total. The summed E-state index contributed by atoms with van der Waals surface area (Å²) in [7, 11) is 0. The number of aromatic nitrogens is 2. The fraction of sp³-hybridized carbons (Fsp3) is 0.333. The lowest BCUT2D eigenvalue weighted by atomic mass is 10.3. The van der Waals surface area contributed by atoms with Crippen LogP contribution in [0.5, 0.6) is 0 Å². The maximum atomic E-state index is 10.7. The molecule has 11 heavy (non-hydrogen) atoms. The molecule has 5 heteroatoms. The van der Waals surface area contributed by atoms with E-state index < -0.39 is 0 Å². The second-order valence-corrected chi connectivity index (χ2v) is 3.46. The van der Waals surface area contributed by atoms with Gasteiger partial charge in [0, 0.05) is 6.20 Å². The third kappa shape index (κ3) is 1.92. The number of hydrogen-bond donors (Lipinski definition) is 1. The number of primary amides is 1. The Morgan fingerprint density at radius 2 is 2.55 bits per heavy atom. The number of amides is 1. The van der Waals surface area contributed by atoms with Crippen LogP contribution in [0.2, 0.25) is 0 Å². The minimum absolute atomic E-state index is 0.362. The molecule has 0 spiro atoms. The van der Waals surface area contributed by atoms with E-state index in [1.165, 1.54) is 0 Å². The molecule has 1 atom stereocenters. The van der Waals surface area contributed by atoms with Gasteiger partial charge in [-0.1, -0.05) is 0 Å². The van der Waals surface area contributed by atoms with E-state index >= 15 is 0 Å². The average Bonchev–Trinajstić information content (AvgIpc) is 2.34. The van der Waals surface area contributed by atoms with Gasteiger partial charge in [0.15, 0.2) is 0 Å². The topological polar surface area (TPSA) is 60.9 Å². The van der Waals surface area contributed by atoms with Crippen LogP contribution in [0.1, 0.15) is 13.0 Å². The third-order valence-corrected chi connectivity index (χ3v) is 1.94. The van der Waals surface area contributed by atoms with Gasteiger partial charge in [-0.25, -0.2) is 0 Å². The molecular weight excluding hydrogens is 257 g/mol. The fourth-order valence-corrected chi connectivity index (χ4v) is 1.07. The van der Waals surface area contributed by atoms with E-state index in [2.05, 4.69) is 27.7 Å². The zero-order valence-corrected chi connectivity index (χ0v) is 8.15. The first kappa shape index (κ1) is 8.51. The third-order valence-electron chi connectivity index (χ3n) is 1.38. The van der Waals surface area contributed by atoms with Crippen molar-refractivity contribution in [1.29, 1.82) is 0 Å². The van der Waals surface area contributed by atoms with Crippen LogP contribution in [0.15, 0.2) is 12.4 Å². The second kappa shape index (κ2) is 3.21. The molecule has 4 nitrogen and oxygen atoms in total. The lowest BCUT2D eigenvalue weighted by molar-refractivity contribution is -0.120. The Morgan fingerprint density at radius 1 is 1.91 bits per heavy atom. The summed E-state index contributed by atoms with van der Waals surface area (Å²) >= 11 is 2.12. The zero-order chi connectivity index (χ0) is 8.43. The molecule has 0 fully saturated rings. The highest BCUT2D eigenvalue weighted by Gasteiger charge is 2.10. The average molecular weight is 265 g/mol. The van der Waals surface area contributed by atoms with Crippen LogP contribution >= 0.6 is 22.6 Å². The molecule has 0 saturated heterocycles. The van der Waals surface area contributed by atoms with Crippen molar-refractivity contribution >= 4 is 28.5 Å². The molecule has 1 aromatic heterocycles. The highest BCUT2D eigenvalue weighted by atomic mass is 127. The summed E-state index contributed by atoms with van der Waals surface area (Å²) in [5.41, 5.74) is 5.08. The largest absolute Gasteiger partial charge is 0.368 e. The van der Waals surface area contributed by atoms with Crippen molar-refractivity contribution in [3.05, 3.63) is 16.0 Å². The van der Waals surface area contributed by atoms with Crippen LogP contribution in [0.3, 0.4) is 0 Å². The normalized spacial score (nSPS) is 12.9. The predicted molar refractivity (Wildman–Crippen MR) is 48.8 cm³/mol. The van der Waals surface area contributed by atoms with Gasteiger partial charge < -0.3 is 5.73 Å². The molecule has 0 radical (unpaired) electrons. The Morgan fingerprint density at radius 3 is 2.91 bits per heavy atom. The lowest BCUT2D eigenvalue weighted by Crippen LogP contribution is -2.24. The van der Waals surface area contributed by atoms with Gasteiger partial charge in [-0.05, 0) is 29.5 Å². The predicted octanol–water partition coefficient (Wildman–Crippen LogP) is 0.534. The summed E-state index contributed by atoms with van der Waals surface area (Å²) in [6.07, 6.45) is 3.45. The van der Waals surface area contributed by atoms with Gasteiger partial charge in [-0.3, -0.25) is 9.48 Å². The van der Waals surface area contributed by atoms with Crippen LogP contribution in [0.4, 0.5) is 0 Å². The zero-order valence-electron chi connectivity index (χ0n) is 5.99. The van der Waals surface area contributed by atoms with Crippen LogP contribution in [0, 0.1) is 3.57 Å². The molecule has 0 aromatic carbocycles. The maximum Gasteiger partial charge on any atom is 0.241 e. The van der Waals surface area contributed by atoms with E-state index in [1.54, 1.807) is 24.0 Å². The van der Waals surface area contributed by atoms with Crippen LogP contribution in [-0.4, -0.2) is 15.7 Å². The summed E-state index contributed by atoms with van der Waals surface area (Å²) in [6.45, 7) is 1.71. The molecule has 0 bridgehead atoms. The highest BCUT2D eigenvalue weighted by Crippen LogP contribution is 2.07. The van der Waals surface area contributed by atoms with Gasteiger partial charge in [0.1, 0.15) is 6.04 Å². The van der Waals surface area contributed by atoms with E-state index in [-0.39, 0.29) is 11.9 Å². The van der Waals surface area contributed by atoms with Crippen molar-refractivity contribution in [2.45, 2.75) is 13.0 Å². The molecule has 1 heterocycles. The number of halogens is 1. The van der Waals surface area contributed by atoms with Gasteiger partial charge in [-0.2, -0.15) is 5.10 Å². The number of rotatable bonds is 2. The first-order valence-corrected chi connectivity index (χ1v) is 4.18. The number of nitrogens with two attached hydrogens (primary N) is 1. The first-order valence-electron chi connectivity index (χ1n) is 3.10. The molecular formula is C6H8IN3O. The summed E-state index contributed by atoms with van der Waals surface area (Å²) in [5.74, 6) is -0.371. The van der Waals surface area contributed by atoms with Gasteiger partial charge in [0.05, 0.1) is 9.77 Å². The van der Waals surface area contributed by atoms with E-state index in [1.807, 2.05) is 0 Å². The Kier molecular flexibility index (Phi) is 2.48. The SMILES string of the molecule is C[C@@H](C(N)=O)n1cc(I)cn1. The standard InChI is InChI=1S/C6H8IN3O/c1-4(6(8)11)10-3-5(7)2-9-10/h2-4H,1H3,(H2,8,11)/t4-/m0/s1. The maximum absolute atomic E-state index is 10.7. The Hall–Kier alpha value is -0.590. The van der Waals surface area contributed by atoms with Crippen molar-refractivity contribution < 1.29 is 4.79 Å². The van der Waals surface area contributed by atoms with Gasteiger partial charge in [0.2, 0.25) is 5.91 Å². The molecule has 0 aliphatic rings. The second-order valence-electron chi connectivity index (χ2n) is 2.22. The van der Waals surface area contributed by atoms with E-state index in [0.717, 1.165) is 3.57 Å². The van der Waals surface area contributed by atoms with Gasteiger partial charge in [0.25, 0.3) is 0 Å². The molecule has 0 saturated carbocycles. The Labute approximate surface area is 77.9 Å². The fourth-order valence-electron chi connectivity index (χ4n) is 0.657. The van der Waals surface area contributed by atoms with Crippen molar-refractivity contribution in [3.8, 4) is 0 Å². The van der Waals surface area contributed by atoms with E-state index in [4.69, 9.17) is 5.73 Å². The smallest absolute Gasteiger partial charge is 0.241 e. The lowest BCUT2D eigenvalue weighted by Gasteiger charge is -2.05. The van der Waals surface area contributed by atoms with E-state index in [0.29, 0.717) is 0 Å². The number of nitrogens with zero attached hydrogens (tertiary/aromatic N) is 2. The van der Waals surface area contributed by atoms with E-state index in [9.17, 15) is 4.79 Å². The van der Waals surface area contributed by atoms with Crippen molar-refractivity contribution in [2.24, 2.45) is 5.73 Å². The molecule has 0 aliphatic heterocycles. The molecule has 0 aliphatic carbocycles. The van der Waals surface area contributed by atoms with Crippen molar-refractivity contribution in [2.75, 3.05) is 0 Å². The van der Waals surface area contributed by atoms with Crippen LogP contribution < -0.4 is 5.73 Å². The minimum Gasteiger partial charge on any atom is -0.368 e. The van der Waals surface area contributed by atoms with Crippen LogP contribution in [0.25, 0.3) is 0 Å².